The molecule has 1 amide bonds. The lowest BCUT2D eigenvalue weighted by molar-refractivity contribution is -0.121. The Labute approximate surface area is 195 Å². The number of carbonyl (C=O) groups is 1. The average molecular weight is 459 g/mol. The van der Waals surface area contributed by atoms with Gasteiger partial charge in [0.1, 0.15) is 11.6 Å². The number of amides is 1. The molecule has 0 bridgehead atoms. The maximum absolute atomic E-state index is 13.4. The number of hydrogen-bond donors (Lipinski definition) is 1. The minimum Gasteiger partial charge on any atom is -0.467 e. The lowest BCUT2D eigenvalue weighted by Crippen LogP contribution is -2.24. The fourth-order valence-corrected chi connectivity index (χ4v) is 5.03. The normalized spacial score (nSPS) is 12.2. The molecule has 3 heterocycles. The van der Waals surface area contributed by atoms with Crippen LogP contribution in [-0.2, 0) is 17.9 Å². The van der Waals surface area contributed by atoms with Crippen LogP contribution in [0.15, 0.2) is 95.1 Å². The number of nitrogens with one attached hydrogen (secondary N) is 1. The molecule has 33 heavy (non-hydrogen) atoms. The van der Waals surface area contributed by atoms with Gasteiger partial charge < -0.3 is 14.3 Å². The number of nitrogens with zero attached hydrogens (tertiary/aromatic N) is 1. The van der Waals surface area contributed by atoms with Crippen LogP contribution in [0.5, 0.6) is 0 Å². The number of benzene rings is 2. The van der Waals surface area contributed by atoms with Crippen molar-refractivity contribution in [3.05, 3.63) is 118 Å². The van der Waals surface area contributed by atoms with E-state index in [1.165, 1.54) is 12.1 Å². The number of fused-ring (bicyclic) bond motifs is 1. The number of rotatable bonds is 8. The Morgan fingerprint density at radius 1 is 1.03 bits per heavy atom. The van der Waals surface area contributed by atoms with Gasteiger partial charge in [-0.2, -0.15) is 0 Å². The molecule has 1 N–H and O–H groups in total. The molecule has 0 unspecified atom stereocenters. The molecule has 0 spiro atoms. The van der Waals surface area contributed by atoms with Crippen molar-refractivity contribution in [1.29, 1.82) is 0 Å². The molecule has 0 saturated carbocycles. The number of thiophene rings is 1. The van der Waals surface area contributed by atoms with Crippen LogP contribution in [0.2, 0.25) is 0 Å². The van der Waals surface area contributed by atoms with Crippen molar-refractivity contribution < 1.29 is 13.6 Å². The molecule has 0 fully saturated rings. The molecule has 166 valence electrons. The first kappa shape index (κ1) is 21.2. The van der Waals surface area contributed by atoms with E-state index < -0.39 is 0 Å². The second kappa shape index (κ2) is 9.46. The van der Waals surface area contributed by atoms with Crippen LogP contribution in [0.25, 0.3) is 10.9 Å². The van der Waals surface area contributed by atoms with E-state index in [0.29, 0.717) is 19.5 Å². The molecular formula is C27H23FN2O2S. The first-order valence-electron chi connectivity index (χ1n) is 10.8. The number of para-hydroxylation sites is 1. The van der Waals surface area contributed by atoms with Gasteiger partial charge in [-0.3, -0.25) is 4.79 Å². The summed E-state index contributed by atoms with van der Waals surface area (Å²) in [4.78, 5) is 14.0. The molecule has 0 aliphatic carbocycles. The van der Waals surface area contributed by atoms with E-state index in [2.05, 4.69) is 34.3 Å². The summed E-state index contributed by atoms with van der Waals surface area (Å²) in [5, 5.41) is 6.14. The summed E-state index contributed by atoms with van der Waals surface area (Å²) in [5.74, 6) is 0.392. The molecule has 0 saturated heterocycles. The molecule has 3 aromatic heterocycles. The fourth-order valence-electron chi connectivity index (χ4n) is 4.18. The highest BCUT2D eigenvalue weighted by atomic mass is 32.1. The summed E-state index contributed by atoms with van der Waals surface area (Å²) >= 11 is 1.66. The van der Waals surface area contributed by atoms with Gasteiger partial charge in [0.2, 0.25) is 5.91 Å². The summed E-state index contributed by atoms with van der Waals surface area (Å²) in [6.45, 7) is 0.998. The highest BCUT2D eigenvalue weighted by Gasteiger charge is 2.23. The minimum atomic E-state index is -0.241. The molecule has 5 rings (SSSR count). The van der Waals surface area contributed by atoms with E-state index >= 15 is 0 Å². The second-order valence-corrected chi connectivity index (χ2v) is 8.96. The summed E-state index contributed by atoms with van der Waals surface area (Å²) in [6, 6.07) is 22.6. The number of hydrogen-bond acceptors (Lipinski definition) is 3. The zero-order valence-electron chi connectivity index (χ0n) is 17.9. The lowest BCUT2D eigenvalue weighted by Gasteiger charge is -2.15. The number of halogens is 1. The maximum atomic E-state index is 13.4. The number of aromatic nitrogens is 1. The Bertz CT molecular complexity index is 1340. The lowest BCUT2D eigenvalue weighted by atomic mass is 9.93. The molecular weight excluding hydrogens is 435 g/mol. The van der Waals surface area contributed by atoms with Gasteiger partial charge in [-0.15, -0.1) is 11.3 Å². The van der Waals surface area contributed by atoms with Crippen molar-refractivity contribution in [3.63, 3.8) is 0 Å². The fraction of sp³-hybridized carbons (Fsp3) is 0.148. The van der Waals surface area contributed by atoms with Crippen LogP contribution in [0, 0.1) is 5.82 Å². The molecule has 0 aliphatic heterocycles. The zero-order chi connectivity index (χ0) is 22.6. The third-order valence-electron chi connectivity index (χ3n) is 5.78. The minimum absolute atomic E-state index is 0.0276. The van der Waals surface area contributed by atoms with Crippen molar-refractivity contribution in [2.24, 2.45) is 0 Å². The predicted octanol–water partition coefficient (Wildman–Crippen LogP) is 6.32. The molecule has 6 heteroatoms. The van der Waals surface area contributed by atoms with Gasteiger partial charge in [-0.1, -0.05) is 36.4 Å². The first-order valence-corrected chi connectivity index (χ1v) is 11.7. The monoisotopic (exact) mass is 458 g/mol. The SMILES string of the molecule is O=C(C[C@H](c1cccs1)c1cn(Cc2ccc(F)cc2)c2ccccc12)NCc1ccco1. The largest absolute Gasteiger partial charge is 0.467 e. The zero-order valence-corrected chi connectivity index (χ0v) is 18.7. The van der Waals surface area contributed by atoms with Crippen LogP contribution < -0.4 is 5.32 Å². The van der Waals surface area contributed by atoms with Crippen molar-refractivity contribution in [2.75, 3.05) is 0 Å². The Kier molecular flexibility index (Phi) is 6.09. The van der Waals surface area contributed by atoms with Gasteiger partial charge in [-0.05, 0) is 52.9 Å². The smallest absolute Gasteiger partial charge is 0.221 e. The van der Waals surface area contributed by atoms with Crippen molar-refractivity contribution in [1.82, 2.24) is 9.88 Å². The van der Waals surface area contributed by atoms with Crippen LogP contribution in [-0.4, -0.2) is 10.5 Å². The highest BCUT2D eigenvalue weighted by molar-refractivity contribution is 7.10. The Morgan fingerprint density at radius 3 is 2.64 bits per heavy atom. The molecule has 2 aromatic carbocycles. The van der Waals surface area contributed by atoms with Crippen LogP contribution in [0.4, 0.5) is 4.39 Å². The highest BCUT2D eigenvalue weighted by Crippen LogP contribution is 2.37. The number of furan rings is 1. The van der Waals surface area contributed by atoms with E-state index in [4.69, 9.17) is 4.42 Å². The van der Waals surface area contributed by atoms with E-state index in [-0.39, 0.29) is 17.6 Å². The van der Waals surface area contributed by atoms with Crippen LogP contribution in [0.1, 0.15) is 34.1 Å². The Hall–Kier alpha value is -3.64. The summed E-state index contributed by atoms with van der Waals surface area (Å²) in [7, 11) is 0. The standard InChI is InChI=1S/C27H23FN2O2S/c28-20-11-9-19(10-12-20)17-30-18-24(22-6-1-2-7-25(22)30)23(26-8-4-14-33-26)15-27(31)29-16-21-5-3-13-32-21/h1-14,18,23H,15-17H2,(H,29,31)/t23-/m0/s1. The Morgan fingerprint density at radius 2 is 1.88 bits per heavy atom. The topological polar surface area (TPSA) is 47.2 Å². The average Bonchev–Trinajstić information content (AvgIpc) is 3.60. The number of carbonyl (C=O) groups excluding carboxylic acids is 1. The van der Waals surface area contributed by atoms with E-state index in [9.17, 15) is 9.18 Å². The van der Waals surface area contributed by atoms with Gasteiger partial charge in [0.05, 0.1) is 12.8 Å². The maximum Gasteiger partial charge on any atom is 0.221 e. The van der Waals surface area contributed by atoms with Crippen LogP contribution >= 0.6 is 11.3 Å². The van der Waals surface area contributed by atoms with Gasteiger partial charge >= 0.3 is 0 Å². The third-order valence-corrected chi connectivity index (χ3v) is 6.76. The third kappa shape index (κ3) is 4.76. The molecule has 5 aromatic rings. The second-order valence-electron chi connectivity index (χ2n) is 7.98. The van der Waals surface area contributed by atoms with Gasteiger partial charge in [-0.25, -0.2) is 4.39 Å². The predicted molar refractivity (Wildman–Crippen MR) is 129 cm³/mol. The van der Waals surface area contributed by atoms with Crippen molar-refractivity contribution in [3.8, 4) is 0 Å². The van der Waals surface area contributed by atoms with E-state index in [1.807, 2.05) is 47.8 Å². The van der Waals surface area contributed by atoms with E-state index in [1.54, 1.807) is 17.6 Å². The molecule has 1 atom stereocenters. The summed E-state index contributed by atoms with van der Waals surface area (Å²) < 4.78 is 20.9. The summed E-state index contributed by atoms with van der Waals surface area (Å²) in [5.41, 5.74) is 3.23. The molecule has 0 aliphatic rings. The van der Waals surface area contributed by atoms with Crippen LogP contribution in [0.3, 0.4) is 0 Å². The van der Waals surface area contributed by atoms with Gasteiger partial charge in [0, 0.05) is 40.9 Å². The van der Waals surface area contributed by atoms with Gasteiger partial charge in [0.15, 0.2) is 0 Å². The summed E-state index contributed by atoms with van der Waals surface area (Å²) in [6.07, 6.45) is 4.08. The molecule has 0 radical (unpaired) electrons. The van der Waals surface area contributed by atoms with Gasteiger partial charge in [0.25, 0.3) is 0 Å². The quantitative estimate of drug-likeness (QED) is 0.296. The van der Waals surface area contributed by atoms with Crippen molar-refractivity contribution in [2.45, 2.75) is 25.4 Å². The van der Waals surface area contributed by atoms with E-state index in [0.717, 1.165) is 32.7 Å². The first-order chi connectivity index (χ1) is 16.2. The Balaban J connectivity index is 1.47. The van der Waals surface area contributed by atoms with Crippen molar-refractivity contribution >= 4 is 28.1 Å². The molecule has 4 nitrogen and oxygen atoms in total.